The van der Waals surface area contributed by atoms with E-state index in [1.165, 1.54) is 18.4 Å². The zero-order valence-corrected chi connectivity index (χ0v) is 15.6. The highest BCUT2D eigenvalue weighted by atomic mass is 16.4. The van der Waals surface area contributed by atoms with Crippen LogP contribution in [-0.2, 0) is 0 Å². The van der Waals surface area contributed by atoms with Gasteiger partial charge in [-0.2, -0.15) is 0 Å². The van der Waals surface area contributed by atoms with E-state index in [-0.39, 0.29) is 5.41 Å². The van der Waals surface area contributed by atoms with Gasteiger partial charge >= 0.3 is 0 Å². The summed E-state index contributed by atoms with van der Waals surface area (Å²) in [7, 11) is 0. The van der Waals surface area contributed by atoms with Crippen LogP contribution in [0.25, 0.3) is 0 Å². The smallest absolute Gasteiger partial charge is 0.131 e. The molecule has 3 fully saturated rings. The molecule has 4 aliphatic carbocycles. The first-order valence-electron chi connectivity index (χ1n) is 10.2. The standard InChI is InChI=1S/C22H31NO2/c1-3-11-22(24)13-10-20-19-7-5-15-14-16(23-25)6-8-17(15)18(19)9-12-21(20,22)4-2/h14,17-20,24-25H,4-10,12-13H2,1-2H3/b23-16-/t17-,18+,19+,20-,21-,22-/m0/s1. The van der Waals surface area contributed by atoms with E-state index in [0.717, 1.165) is 62.5 Å². The van der Waals surface area contributed by atoms with Crippen molar-refractivity contribution in [2.24, 2.45) is 34.2 Å². The topological polar surface area (TPSA) is 52.8 Å². The molecular formula is C22H31NO2. The summed E-state index contributed by atoms with van der Waals surface area (Å²) in [6, 6.07) is 0. The molecule has 0 unspecified atom stereocenters. The molecule has 0 aromatic carbocycles. The van der Waals surface area contributed by atoms with Gasteiger partial charge in [-0.05, 0) is 94.5 Å². The SMILES string of the molecule is CC#C[C@]1(O)CC[C@H]2[C@@H]3CCC4=C/C(=N\O)CC[C@@H]4[C@H]3CC[C@@]21CC. The Bertz CT molecular complexity index is 669. The molecule has 0 spiro atoms. The van der Waals surface area contributed by atoms with Gasteiger partial charge in [-0.25, -0.2) is 0 Å². The fraction of sp³-hybridized carbons (Fsp3) is 0.773. The summed E-state index contributed by atoms with van der Waals surface area (Å²) >= 11 is 0. The zero-order chi connectivity index (χ0) is 17.7. The van der Waals surface area contributed by atoms with Gasteiger partial charge in [0.05, 0.1) is 5.71 Å². The van der Waals surface area contributed by atoms with E-state index in [4.69, 9.17) is 5.21 Å². The largest absolute Gasteiger partial charge is 0.411 e. The molecule has 136 valence electrons. The highest BCUT2D eigenvalue weighted by Gasteiger charge is 2.63. The summed E-state index contributed by atoms with van der Waals surface area (Å²) in [4.78, 5) is 0. The molecule has 2 N–H and O–H groups in total. The first-order valence-corrected chi connectivity index (χ1v) is 10.2. The summed E-state index contributed by atoms with van der Waals surface area (Å²) in [5.74, 6) is 9.03. The van der Waals surface area contributed by atoms with Crippen LogP contribution >= 0.6 is 0 Å². The third-order valence-electron chi connectivity index (χ3n) is 8.26. The van der Waals surface area contributed by atoms with Gasteiger partial charge in [-0.3, -0.25) is 0 Å². The number of hydrogen-bond acceptors (Lipinski definition) is 3. The van der Waals surface area contributed by atoms with E-state index in [0.29, 0.717) is 11.8 Å². The van der Waals surface area contributed by atoms with E-state index in [2.05, 4.69) is 30.0 Å². The highest BCUT2D eigenvalue weighted by Crippen LogP contribution is 2.66. The molecule has 3 saturated carbocycles. The molecular weight excluding hydrogens is 310 g/mol. The van der Waals surface area contributed by atoms with Crippen LogP contribution in [0.2, 0.25) is 0 Å². The van der Waals surface area contributed by atoms with Gasteiger partial charge in [0.1, 0.15) is 5.60 Å². The predicted octanol–water partition coefficient (Wildman–Crippen LogP) is 4.53. The Kier molecular flexibility index (Phi) is 4.23. The van der Waals surface area contributed by atoms with Crippen LogP contribution in [0.1, 0.15) is 71.6 Å². The molecule has 0 aromatic rings. The second-order valence-corrected chi connectivity index (χ2v) is 8.75. The van der Waals surface area contributed by atoms with E-state index < -0.39 is 5.60 Å². The lowest BCUT2D eigenvalue weighted by atomic mass is 9.49. The maximum absolute atomic E-state index is 11.4. The molecule has 0 heterocycles. The van der Waals surface area contributed by atoms with Gasteiger partial charge in [0.15, 0.2) is 0 Å². The number of oxime groups is 1. The van der Waals surface area contributed by atoms with E-state index >= 15 is 0 Å². The minimum atomic E-state index is -0.772. The molecule has 3 heteroatoms. The van der Waals surface area contributed by atoms with Crippen molar-refractivity contribution in [1.82, 2.24) is 0 Å². The summed E-state index contributed by atoms with van der Waals surface area (Å²) < 4.78 is 0. The van der Waals surface area contributed by atoms with E-state index in [1.54, 1.807) is 0 Å². The molecule has 4 rings (SSSR count). The van der Waals surface area contributed by atoms with E-state index in [9.17, 15) is 5.11 Å². The molecule has 3 nitrogen and oxygen atoms in total. The summed E-state index contributed by atoms with van der Waals surface area (Å²) in [5.41, 5.74) is 1.61. The van der Waals surface area contributed by atoms with Crippen molar-refractivity contribution in [3.63, 3.8) is 0 Å². The average molecular weight is 341 g/mol. The fourth-order valence-electron chi connectivity index (χ4n) is 7.23. The van der Waals surface area contributed by atoms with E-state index in [1.807, 2.05) is 6.92 Å². The second-order valence-electron chi connectivity index (χ2n) is 8.75. The van der Waals surface area contributed by atoms with Crippen LogP contribution in [0.15, 0.2) is 16.8 Å². The fourth-order valence-corrected chi connectivity index (χ4v) is 7.23. The molecule has 0 radical (unpaired) electrons. The Morgan fingerprint density at radius 1 is 1.16 bits per heavy atom. The van der Waals surface area contributed by atoms with Crippen LogP contribution in [-0.4, -0.2) is 21.6 Å². The molecule has 6 atom stereocenters. The highest BCUT2D eigenvalue weighted by molar-refractivity contribution is 5.96. The maximum atomic E-state index is 11.4. The Labute approximate surface area is 151 Å². The molecule has 0 saturated heterocycles. The van der Waals surface area contributed by atoms with Crippen LogP contribution in [0.4, 0.5) is 0 Å². The Morgan fingerprint density at radius 3 is 2.72 bits per heavy atom. The molecule has 25 heavy (non-hydrogen) atoms. The number of fused-ring (bicyclic) bond motifs is 5. The van der Waals surface area contributed by atoms with Crippen LogP contribution in [0.3, 0.4) is 0 Å². The maximum Gasteiger partial charge on any atom is 0.131 e. The van der Waals surface area contributed by atoms with Crippen LogP contribution in [0.5, 0.6) is 0 Å². The van der Waals surface area contributed by atoms with Crippen molar-refractivity contribution >= 4 is 5.71 Å². The molecule has 0 bridgehead atoms. The monoisotopic (exact) mass is 341 g/mol. The zero-order valence-electron chi connectivity index (χ0n) is 15.6. The van der Waals surface area contributed by atoms with Gasteiger partial charge in [0.25, 0.3) is 0 Å². The number of aliphatic hydroxyl groups is 1. The average Bonchev–Trinajstić information content (AvgIpc) is 2.94. The summed E-state index contributed by atoms with van der Waals surface area (Å²) in [5, 5.41) is 24.0. The van der Waals surface area contributed by atoms with Gasteiger partial charge in [0, 0.05) is 5.41 Å². The lowest BCUT2D eigenvalue weighted by Gasteiger charge is -2.56. The number of rotatable bonds is 1. The van der Waals surface area contributed by atoms with Crippen molar-refractivity contribution in [3.8, 4) is 11.8 Å². The molecule has 0 amide bonds. The van der Waals surface area contributed by atoms with Crippen molar-refractivity contribution in [1.29, 1.82) is 0 Å². The normalized spacial score (nSPS) is 47.2. The molecule has 0 aliphatic heterocycles. The Balaban J connectivity index is 1.65. The first-order chi connectivity index (χ1) is 12.1. The number of nitrogens with zero attached hydrogens (tertiary/aromatic N) is 1. The number of hydrogen-bond donors (Lipinski definition) is 2. The second kappa shape index (κ2) is 6.16. The lowest BCUT2D eigenvalue weighted by molar-refractivity contribution is -0.0990. The third-order valence-corrected chi connectivity index (χ3v) is 8.26. The third kappa shape index (κ3) is 2.33. The van der Waals surface area contributed by atoms with Crippen molar-refractivity contribution < 1.29 is 10.3 Å². The number of allylic oxidation sites excluding steroid dienone is 2. The van der Waals surface area contributed by atoms with Crippen LogP contribution < -0.4 is 0 Å². The van der Waals surface area contributed by atoms with Gasteiger partial charge < -0.3 is 10.3 Å². The first kappa shape index (κ1) is 17.2. The quantitative estimate of drug-likeness (QED) is 0.418. The Hall–Kier alpha value is -1.27. The molecule has 4 aliphatic rings. The summed E-state index contributed by atoms with van der Waals surface area (Å²) in [6.07, 6.45) is 11.9. The minimum absolute atomic E-state index is 0.00474. The van der Waals surface area contributed by atoms with Gasteiger partial charge in [-0.1, -0.05) is 23.6 Å². The van der Waals surface area contributed by atoms with Gasteiger partial charge in [-0.15, -0.1) is 5.92 Å². The summed E-state index contributed by atoms with van der Waals surface area (Å²) in [6.45, 7) is 4.13. The lowest BCUT2D eigenvalue weighted by Crippen LogP contribution is -2.53. The van der Waals surface area contributed by atoms with Crippen molar-refractivity contribution in [2.45, 2.75) is 77.2 Å². The predicted molar refractivity (Wildman–Crippen MR) is 99.3 cm³/mol. The van der Waals surface area contributed by atoms with Crippen molar-refractivity contribution in [2.75, 3.05) is 0 Å². The Morgan fingerprint density at radius 2 is 2.00 bits per heavy atom. The van der Waals surface area contributed by atoms with Crippen LogP contribution in [0, 0.1) is 40.9 Å². The van der Waals surface area contributed by atoms with Gasteiger partial charge in [0.2, 0.25) is 0 Å². The minimum Gasteiger partial charge on any atom is -0.411 e. The van der Waals surface area contributed by atoms with Crippen molar-refractivity contribution in [3.05, 3.63) is 11.6 Å². The molecule has 0 aromatic heterocycles.